The molecule has 1 atom stereocenters. The van der Waals surface area contributed by atoms with E-state index in [0.29, 0.717) is 17.4 Å². The van der Waals surface area contributed by atoms with E-state index in [1.54, 1.807) is 13.0 Å². The molecule has 1 unspecified atom stereocenters. The van der Waals surface area contributed by atoms with Crippen LogP contribution in [-0.4, -0.2) is 0 Å². The number of allylic oxidation sites excluding steroid dienone is 1. The van der Waals surface area contributed by atoms with Gasteiger partial charge in [0.15, 0.2) is 0 Å². The number of hydrogen-bond donors (Lipinski definition) is 0. The standard InChI is InChI=1S/C35H47F3O/c1-4-6-7-8-9-27-12-16-29(17-13-27)30-20-18-28(19-21-30)25(3)39-35(37,38)33-23-22-32(24-34(33)36)31-14-10-26(5-2)11-15-31/h5,18-27,29,31H,2,4,6-17H2,1,3H3. The van der Waals surface area contributed by atoms with Crippen molar-refractivity contribution in [3.63, 3.8) is 0 Å². The van der Waals surface area contributed by atoms with Crippen LogP contribution >= 0.6 is 0 Å². The molecule has 2 aromatic carbocycles. The van der Waals surface area contributed by atoms with Crippen molar-refractivity contribution >= 4 is 0 Å². The molecule has 0 N–H and O–H groups in total. The minimum absolute atomic E-state index is 0.206. The molecule has 0 spiro atoms. The summed E-state index contributed by atoms with van der Waals surface area (Å²) < 4.78 is 50.3. The lowest BCUT2D eigenvalue weighted by molar-refractivity contribution is -0.273. The average Bonchev–Trinajstić information content (AvgIpc) is 2.95. The van der Waals surface area contributed by atoms with Crippen molar-refractivity contribution in [2.75, 3.05) is 0 Å². The second-order valence-electron chi connectivity index (χ2n) is 12.1. The Kier molecular flexibility index (Phi) is 10.7. The molecule has 2 aromatic rings. The van der Waals surface area contributed by atoms with E-state index in [0.717, 1.165) is 37.2 Å². The van der Waals surface area contributed by atoms with E-state index in [1.807, 2.05) is 18.2 Å². The average molecular weight is 541 g/mol. The summed E-state index contributed by atoms with van der Waals surface area (Å²) in [4.78, 5) is 0. The smallest absolute Gasteiger partial charge is 0.309 e. The van der Waals surface area contributed by atoms with Gasteiger partial charge in [-0.1, -0.05) is 75.4 Å². The number of alkyl halides is 2. The molecule has 2 saturated carbocycles. The van der Waals surface area contributed by atoms with Crippen LogP contribution in [0.25, 0.3) is 0 Å². The number of hydrogen-bond acceptors (Lipinski definition) is 1. The van der Waals surface area contributed by atoms with Gasteiger partial charge in [-0.2, -0.15) is 8.78 Å². The number of unbranched alkanes of at least 4 members (excludes halogenated alkanes) is 3. The minimum atomic E-state index is -3.71. The summed E-state index contributed by atoms with van der Waals surface area (Å²) in [6, 6.07) is 12.1. The molecule has 2 aliphatic rings. The largest absolute Gasteiger partial charge is 0.386 e. The lowest BCUT2D eigenvalue weighted by Crippen LogP contribution is -2.22. The molecular weight excluding hydrogens is 493 g/mol. The van der Waals surface area contributed by atoms with Crippen LogP contribution in [0.1, 0.15) is 138 Å². The van der Waals surface area contributed by atoms with Crippen molar-refractivity contribution in [1.29, 1.82) is 0 Å². The minimum Gasteiger partial charge on any atom is -0.309 e. The van der Waals surface area contributed by atoms with Crippen LogP contribution in [0.15, 0.2) is 55.1 Å². The van der Waals surface area contributed by atoms with Gasteiger partial charge in [0.25, 0.3) is 0 Å². The Balaban J connectivity index is 1.31. The molecule has 0 aromatic heterocycles. The van der Waals surface area contributed by atoms with Crippen molar-refractivity contribution in [3.05, 3.63) is 83.2 Å². The van der Waals surface area contributed by atoms with Gasteiger partial charge in [0.05, 0.1) is 11.7 Å². The van der Waals surface area contributed by atoms with Gasteiger partial charge in [0, 0.05) is 0 Å². The summed E-state index contributed by atoms with van der Waals surface area (Å²) in [6.07, 6.45) is 12.9. The molecule has 1 nitrogen and oxygen atoms in total. The fourth-order valence-electron chi connectivity index (χ4n) is 6.75. The maximum atomic E-state index is 15.1. The van der Waals surface area contributed by atoms with Gasteiger partial charge in [-0.25, -0.2) is 4.39 Å². The lowest BCUT2D eigenvalue weighted by atomic mass is 9.77. The van der Waals surface area contributed by atoms with Crippen molar-refractivity contribution < 1.29 is 17.9 Å². The first-order valence-electron chi connectivity index (χ1n) is 15.4. The topological polar surface area (TPSA) is 9.23 Å². The molecule has 39 heavy (non-hydrogen) atoms. The third kappa shape index (κ3) is 7.99. The summed E-state index contributed by atoms with van der Waals surface area (Å²) in [5, 5.41) is 0. The van der Waals surface area contributed by atoms with Crippen LogP contribution < -0.4 is 0 Å². The SMILES string of the molecule is C=CC1CCC(c2ccc(C(F)(F)OC(C)c3ccc(C4CCC(CCCCCC)CC4)cc3)c(F)c2)CC1. The molecule has 4 heteroatoms. The second kappa shape index (κ2) is 14.0. The lowest BCUT2D eigenvalue weighted by Gasteiger charge is -2.29. The van der Waals surface area contributed by atoms with Gasteiger partial charge >= 0.3 is 6.11 Å². The molecule has 0 aliphatic heterocycles. The summed E-state index contributed by atoms with van der Waals surface area (Å²) in [5.74, 6) is 1.21. The normalized spacial score (nSPS) is 24.8. The molecule has 2 fully saturated rings. The van der Waals surface area contributed by atoms with Gasteiger partial charge in [-0.05, 0) is 111 Å². The van der Waals surface area contributed by atoms with Crippen molar-refractivity contribution in [2.45, 2.75) is 121 Å². The fourth-order valence-corrected chi connectivity index (χ4v) is 6.75. The summed E-state index contributed by atoms with van der Waals surface area (Å²) in [7, 11) is 0. The first-order chi connectivity index (χ1) is 18.8. The monoisotopic (exact) mass is 540 g/mol. The zero-order valence-corrected chi connectivity index (χ0v) is 23.9. The van der Waals surface area contributed by atoms with Gasteiger partial charge < -0.3 is 4.74 Å². The molecule has 0 bridgehead atoms. The Hall–Kier alpha value is -2.07. The second-order valence-corrected chi connectivity index (χ2v) is 12.1. The number of halogens is 3. The highest BCUT2D eigenvalue weighted by Crippen LogP contribution is 2.41. The molecule has 214 valence electrons. The summed E-state index contributed by atoms with van der Waals surface area (Å²) in [6.45, 7) is 7.73. The quantitative estimate of drug-likeness (QED) is 0.192. The van der Waals surface area contributed by atoms with E-state index in [-0.39, 0.29) is 5.92 Å². The third-order valence-corrected chi connectivity index (χ3v) is 9.40. The number of benzene rings is 2. The van der Waals surface area contributed by atoms with E-state index >= 15 is 8.78 Å². The van der Waals surface area contributed by atoms with Crippen LogP contribution in [0.4, 0.5) is 13.2 Å². The van der Waals surface area contributed by atoms with Crippen LogP contribution in [0.2, 0.25) is 0 Å². The van der Waals surface area contributed by atoms with Crippen molar-refractivity contribution in [2.24, 2.45) is 11.8 Å². The van der Waals surface area contributed by atoms with Crippen LogP contribution in [0.3, 0.4) is 0 Å². The predicted molar refractivity (Wildman–Crippen MR) is 155 cm³/mol. The summed E-state index contributed by atoms with van der Waals surface area (Å²) in [5.41, 5.74) is 2.06. The Morgan fingerprint density at radius 2 is 1.49 bits per heavy atom. The molecule has 4 rings (SSSR count). The molecule has 0 amide bonds. The van der Waals surface area contributed by atoms with E-state index in [2.05, 4.69) is 25.6 Å². The Morgan fingerprint density at radius 1 is 0.872 bits per heavy atom. The first kappa shape index (κ1) is 29.9. The van der Waals surface area contributed by atoms with E-state index in [1.165, 1.54) is 75.5 Å². The maximum absolute atomic E-state index is 15.1. The van der Waals surface area contributed by atoms with Crippen LogP contribution in [-0.2, 0) is 10.8 Å². The molecule has 2 aliphatic carbocycles. The first-order valence-corrected chi connectivity index (χ1v) is 15.4. The van der Waals surface area contributed by atoms with Gasteiger partial charge in [-0.3, -0.25) is 0 Å². The Labute approximate surface area is 234 Å². The predicted octanol–water partition coefficient (Wildman–Crippen LogP) is 11.4. The molecular formula is C35H47F3O. The Bertz CT molecular complexity index is 1030. The van der Waals surface area contributed by atoms with Crippen molar-refractivity contribution in [3.8, 4) is 0 Å². The van der Waals surface area contributed by atoms with Crippen molar-refractivity contribution in [1.82, 2.24) is 0 Å². The molecule has 0 radical (unpaired) electrons. The highest BCUT2D eigenvalue weighted by Gasteiger charge is 2.38. The van der Waals surface area contributed by atoms with E-state index in [9.17, 15) is 4.39 Å². The van der Waals surface area contributed by atoms with Gasteiger partial charge in [-0.15, -0.1) is 6.58 Å². The maximum Gasteiger partial charge on any atom is 0.386 e. The zero-order valence-electron chi connectivity index (χ0n) is 23.9. The number of ether oxygens (including phenoxy) is 1. The van der Waals surface area contributed by atoms with E-state index < -0.39 is 23.6 Å². The summed E-state index contributed by atoms with van der Waals surface area (Å²) >= 11 is 0. The third-order valence-electron chi connectivity index (χ3n) is 9.40. The Morgan fingerprint density at radius 3 is 2.10 bits per heavy atom. The fraction of sp³-hybridized carbons (Fsp3) is 0.600. The molecule has 0 heterocycles. The molecule has 0 saturated heterocycles. The number of rotatable bonds is 12. The van der Waals surface area contributed by atoms with Gasteiger partial charge in [0.2, 0.25) is 0 Å². The highest BCUT2D eigenvalue weighted by molar-refractivity contribution is 5.30. The van der Waals surface area contributed by atoms with Crippen LogP contribution in [0.5, 0.6) is 0 Å². The highest BCUT2D eigenvalue weighted by atomic mass is 19.3. The zero-order chi connectivity index (χ0) is 27.8. The van der Waals surface area contributed by atoms with E-state index in [4.69, 9.17) is 4.74 Å². The van der Waals surface area contributed by atoms with Crippen LogP contribution in [0, 0.1) is 17.7 Å². The van der Waals surface area contributed by atoms with Gasteiger partial charge in [0.1, 0.15) is 5.82 Å².